The predicted molar refractivity (Wildman–Crippen MR) is 121 cm³/mol. The van der Waals surface area contributed by atoms with E-state index in [1.165, 1.54) is 7.11 Å². The van der Waals surface area contributed by atoms with Crippen molar-refractivity contribution in [3.05, 3.63) is 123 Å². The largest absolute Gasteiger partial charge is 0.464 e. The number of methoxy groups -OCH3 is 1. The molecule has 0 unspecified atom stereocenters. The normalized spacial score (nSPS) is 11.2. The second-order valence-corrected chi connectivity index (χ2v) is 7.61. The van der Waals surface area contributed by atoms with E-state index in [4.69, 9.17) is 4.74 Å². The molecule has 0 spiro atoms. The molecule has 29 heavy (non-hydrogen) atoms. The highest BCUT2D eigenvalue weighted by Crippen LogP contribution is 2.45. The summed E-state index contributed by atoms with van der Waals surface area (Å²) in [5, 5.41) is 0. The van der Waals surface area contributed by atoms with Crippen LogP contribution in [0.2, 0.25) is 0 Å². The molecule has 0 amide bonds. The third kappa shape index (κ3) is 3.35. The monoisotopic (exact) mass is 494 g/mol. The van der Waals surface area contributed by atoms with Gasteiger partial charge in [-0.25, -0.2) is 9.78 Å². The number of esters is 1. The van der Waals surface area contributed by atoms with Crippen molar-refractivity contribution in [2.75, 3.05) is 7.11 Å². The van der Waals surface area contributed by atoms with Crippen molar-refractivity contribution in [2.45, 2.75) is 5.41 Å². The molecular formula is C24H19IN2O2. The Kier molecular flexibility index (Phi) is 5.49. The number of halogens is 1. The summed E-state index contributed by atoms with van der Waals surface area (Å²) >= 11 is 2.10. The van der Waals surface area contributed by atoms with E-state index in [0.717, 1.165) is 16.7 Å². The van der Waals surface area contributed by atoms with Crippen molar-refractivity contribution >= 4 is 28.6 Å². The number of nitrogens with zero attached hydrogens (tertiary/aromatic N) is 1. The molecule has 0 atom stereocenters. The van der Waals surface area contributed by atoms with Crippen LogP contribution in [0.3, 0.4) is 0 Å². The molecule has 1 aromatic heterocycles. The van der Waals surface area contributed by atoms with Crippen LogP contribution in [0.1, 0.15) is 32.9 Å². The van der Waals surface area contributed by atoms with Crippen LogP contribution in [0, 0.1) is 3.83 Å². The first kappa shape index (κ1) is 19.4. The minimum absolute atomic E-state index is 0.286. The first-order valence-corrected chi connectivity index (χ1v) is 10.3. The molecule has 1 heterocycles. The smallest absolute Gasteiger partial charge is 0.358 e. The number of aromatic amines is 1. The first-order chi connectivity index (χ1) is 14.2. The van der Waals surface area contributed by atoms with Gasteiger partial charge in [0.25, 0.3) is 0 Å². The lowest BCUT2D eigenvalue weighted by molar-refractivity contribution is 0.0592. The zero-order valence-electron chi connectivity index (χ0n) is 15.8. The second-order valence-electron chi connectivity index (χ2n) is 6.59. The van der Waals surface area contributed by atoms with E-state index in [2.05, 4.69) is 69.0 Å². The number of hydrogen-bond donors (Lipinski definition) is 1. The minimum Gasteiger partial charge on any atom is -0.464 e. The maximum Gasteiger partial charge on any atom is 0.358 e. The van der Waals surface area contributed by atoms with Crippen LogP contribution in [0.4, 0.5) is 0 Å². The van der Waals surface area contributed by atoms with E-state index in [1.807, 2.05) is 54.6 Å². The summed E-state index contributed by atoms with van der Waals surface area (Å²) in [5.41, 5.74) is 3.31. The van der Waals surface area contributed by atoms with Crippen molar-refractivity contribution in [3.63, 3.8) is 0 Å². The van der Waals surface area contributed by atoms with E-state index >= 15 is 0 Å². The Morgan fingerprint density at radius 1 is 0.828 bits per heavy atom. The van der Waals surface area contributed by atoms with Crippen molar-refractivity contribution in [2.24, 2.45) is 0 Å². The van der Waals surface area contributed by atoms with Crippen LogP contribution in [0.15, 0.2) is 91.0 Å². The van der Waals surface area contributed by atoms with Gasteiger partial charge in [0.2, 0.25) is 0 Å². The van der Waals surface area contributed by atoms with E-state index in [9.17, 15) is 4.79 Å². The molecule has 3 aromatic carbocycles. The Hall–Kier alpha value is -2.93. The van der Waals surface area contributed by atoms with Gasteiger partial charge in [-0.05, 0) is 39.3 Å². The summed E-state index contributed by atoms with van der Waals surface area (Å²) in [6, 6.07) is 30.5. The van der Waals surface area contributed by atoms with Gasteiger partial charge < -0.3 is 9.72 Å². The van der Waals surface area contributed by atoms with E-state index < -0.39 is 11.4 Å². The SMILES string of the molecule is COC(=O)c1nc(I)[nH]c1C(c1ccccc1)(c1ccccc1)c1ccccc1. The Balaban J connectivity index is 2.17. The maximum absolute atomic E-state index is 12.7. The third-order valence-electron chi connectivity index (χ3n) is 5.05. The standard InChI is InChI=1S/C24H19IN2O2/c1-29-22(28)20-21(27-23(25)26-20)24(17-11-5-2-6-12-17,18-13-7-3-8-14-18)19-15-9-4-10-16-19/h2-16H,1H3,(H,26,27). The lowest BCUT2D eigenvalue weighted by Crippen LogP contribution is -2.33. The Labute approximate surface area is 183 Å². The molecule has 4 aromatic rings. The molecule has 0 saturated carbocycles. The Morgan fingerprint density at radius 3 is 1.62 bits per heavy atom. The first-order valence-electron chi connectivity index (χ1n) is 9.18. The third-order valence-corrected chi connectivity index (χ3v) is 5.56. The fraction of sp³-hybridized carbons (Fsp3) is 0.0833. The Bertz CT molecular complexity index is 1010. The van der Waals surface area contributed by atoms with Crippen molar-refractivity contribution in [1.82, 2.24) is 9.97 Å². The van der Waals surface area contributed by atoms with Gasteiger partial charge in [-0.15, -0.1) is 0 Å². The molecule has 0 saturated heterocycles. The zero-order chi connectivity index (χ0) is 20.3. The van der Waals surface area contributed by atoms with Gasteiger partial charge in [0.15, 0.2) is 9.53 Å². The molecule has 4 nitrogen and oxygen atoms in total. The van der Waals surface area contributed by atoms with Gasteiger partial charge in [0, 0.05) is 0 Å². The van der Waals surface area contributed by atoms with Crippen LogP contribution in [-0.2, 0) is 10.2 Å². The highest BCUT2D eigenvalue weighted by molar-refractivity contribution is 14.1. The predicted octanol–water partition coefficient (Wildman–Crippen LogP) is 5.18. The van der Waals surface area contributed by atoms with Crippen LogP contribution < -0.4 is 0 Å². The molecule has 4 rings (SSSR count). The van der Waals surface area contributed by atoms with Gasteiger partial charge in [0.05, 0.1) is 18.2 Å². The summed E-state index contributed by atoms with van der Waals surface area (Å²) in [6.45, 7) is 0. The number of nitrogens with one attached hydrogen (secondary N) is 1. The number of carbonyl (C=O) groups is 1. The van der Waals surface area contributed by atoms with Crippen LogP contribution in [-0.4, -0.2) is 23.0 Å². The van der Waals surface area contributed by atoms with E-state index in [0.29, 0.717) is 9.53 Å². The maximum atomic E-state index is 12.7. The van der Waals surface area contributed by atoms with E-state index in [1.54, 1.807) is 0 Å². The van der Waals surface area contributed by atoms with Crippen molar-refractivity contribution in [3.8, 4) is 0 Å². The molecule has 0 aliphatic carbocycles. The lowest BCUT2D eigenvalue weighted by Gasteiger charge is -2.35. The average molecular weight is 494 g/mol. The summed E-state index contributed by atoms with van der Waals surface area (Å²) in [4.78, 5) is 20.5. The summed E-state index contributed by atoms with van der Waals surface area (Å²) < 4.78 is 5.70. The highest BCUT2D eigenvalue weighted by atomic mass is 127. The number of ether oxygens (including phenoxy) is 1. The molecular weight excluding hydrogens is 475 g/mol. The summed E-state index contributed by atoms with van der Waals surface area (Å²) in [7, 11) is 1.38. The molecule has 0 aliphatic rings. The fourth-order valence-corrected chi connectivity index (χ4v) is 4.37. The highest BCUT2D eigenvalue weighted by Gasteiger charge is 2.43. The fourth-order valence-electron chi connectivity index (χ4n) is 3.86. The zero-order valence-corrected chi connectivity index (χ0v) is 18.0. The van der Waals surface area contributed by atoms with Gasteiger partial charge in [-0.3, -0.25) is 0 Å². The number of rotatable bonds is 5. The molecule has 0 fully saturated rings. The van der Waals surface area contributed by atoms with Crippen LogP contribution in [0.25, 0.3) is 0 Å². The van der Waals surface area contributed by atoms with Crippen LogP contribution >= 0.6 is 22.6 Å². The minimum atomic E-state index is -0.760. The van der Waals surface area contributed by atoms with Gasteiger partial charge >= 0.3 is 5.97 Å². The molecule has 144 valence electrons. The van der Waals surface area contributed by atoms with Gasteiger partial charge in [0.1, 0.15) is 0 Å². The summed E-state index contributed by atoms with van der Waals surface area (Å²) in [6.07, 6.45) is 0. The average Bonchev–Trinajstić information content (AvgIpc) is 3.18. The van der Waals surface area contributed by atoms with Crippen LogP contribution in [0.5, 0.6) is 0 Å². The summed E-state index contributed by atoms with van der Waals surface area (Å²) in [5.74, 6) is -0.466. The number of imidazole rings is 1. The second kappa shape index (κ2) is 8.21. The number of H-pyrrole nitrogens is 1. The topological polar surface area (TPSA) is 55.0 Å². The molecule has 0 bridgehead atoms. The number of aromatic nitrogens is 2. The number of hydrogen-bond acceptors (Lipinski definition) is 3. The number of carbonyl (C=O) groups excluding carboxylic acids is 1. The molecule has 0 aliphatic heterocycles. The van der Waals surface area contributed by atoms with E-state index in [-0.39, 0.29) is 5.69 Å². The quantitative estimate of drug-likeness (QED) is 0.236. The van der Waals surface area contributed by atoms with Gasteiger partial charge in [-0.1, -0.05) is 91.0 Å². The number of benzene rings is 3. The van der Waals surface area contributed by atoms with Gasteiger partial charge in [-0.2, -0.15) is 0 Å². The van der Waals surface area contributed by atoms with Crippen molar-refractivity contribution in [1.29, 1.82) is 0 Å². The molecule has 0 radical (unpaired) electrons. The Morgan fingerprint density at radius 2 is 1.24 bits per heavy atom. The molecule has 5 heteroatoms. The lowest BCUT2D eigenvalue weighted by atomic mass is 9.66. The van der Waals surface area contributed by atoms with Crippen molar-refractivity contribution < 1.29 is 9.53 Å². The molecule has 1 N–H and O–H groups in total.